The molecule has 0 radical (unpaired) electrons. The molecule has 2 heteroatoms. The first-order chi connectivity index (χ1) is 7.68. The Bertz CT molecular complexity index is 386. The number of hydrogen-bond acceptors (Lipinski definition) is 2. The van der Waals surface area contributed by atoms with Gasteiger partial charge in [0.05, 0.1) is 0 Å². The average Bonchev–Trinajstić information content (AvgIpc) is 2.55. The zero-order valence-corrected chi connectivity index (χ0v) is 10.1. The van der Waals surface area contributed by atoms with E-state index in [-0.39, 0.29) is 0 Å². The lowest BCUT2D eigenvalue weighted by Crippen LogP contribution is -2.30. The smallest absolute Gasteiger partial charge is 0.129 e. The van der Waals surface area contributed by atoms with Crippen LogP contribution in [0.3, 0.4) is 0 Å². The van der Waals surface area contributed by atoms with Crippen LogP contribution < -0.4 is 4.90 Å². The normalized spacial score (nSPS) is 18.6. The quantitative estimate of drug-likeness (QED) is 0.773. The van der Waals surface area contributed by atoms with Gasteiger partial charge in [0.1, 0.15) is 5.78 Å². The van der Waals surface area contributed by atoms with Crippen LogP contribution >= 0.6 is 0 Å². The van der Waals surface area contributed by atoms with E-state index >= 15 is 0 Å². The highest BCUT2D eigenvalue weighted by Gasteiger charge is 2.24. The van der Waals surface area contributed by atoms with Crippen LogP contribution in [0.25, 0.3) is 0 Å². The topological polar surface area (TPSA) is 20.3 Å². The predicted molar refractivity (Wildman–Crippen MR) is 66.9 cm³/mol. The number of para-hydroxylation sites is 1. The van der Waals surface area contributed by atoms with E-state index < -0.39 is 0 Å². The maximum atomic E-state index is 10.9. The van der Waals surface area contributed by atoms with Crippen molar-refractivity contribution in [3.63, 3.8) is 0 Å². The lowest BCUT2D eigenvalue weighted by Gasteiger charge is -2.24. The Balaban J connectivity index is 2.02. The van der Waals surface area contributed by atoms with E-state index in [9.17, 15) is 4.79 Å². The van der Waals surface area contributed by atoms with Crippen molar-refractivity contribution in [3.05, 3.63) is 29.8 Å². The van der Waals surface area contributed by atoms with E-state index in [0.29, 0.717) is 18.2 Å². The average molecular weight is 217 g/mol. The van der Waals surface area contributed by atoms with Gasteiger partial charge in [-0.3, -0.25) is 0 Å². The molecule has 0 N–H and O–H groups in total. The molecule has 0 amide bonds. The van der Waals surface area contributed by atoms with Crippen molar-refractivity contribution < 1.29 is 4.79 Å². The van der Waals surface area contributed by atoms with Gasteiger partial charge in [-0.15, -0.1) is 0 Å². The lowest BCUT2D eigenvalue weighted by molar-refractivity contribution is -0.117. The van der Waals surface area contributed by atoms with Crippen molar-refractivity contribution in [3.8, 4) is 0 Å². The number of rotatable bonds is 4. The number of anilines is 1. The second-order valence-corrected chi connectivity index (χ2v) is 4.68. The van der Waals surface area contributed by atoms with Crippen LogP contribution in [0.1, 0.15) is 32.3 Å². The van der Waals surface area contributed by atoms with Crippen molar-refractivity contribution in [2.45, 2.75) is 39.2 Å². The van der Waals surface area contributed by atoms with Crippen LogP contribution in [0.4, 0.5) is 5.69 Å². The molecular formula is C14H19NO. The fourth-order valence-corrected chi connectivity index (χ4v) is 2.47. The Kier molecular flexibility index (Phi) is 3.28. The number of carbonyl (C=O) groups excluding carboxylic acids is 1. The van der Waals surface area contributed by atoms with E-state index in [1.54, 1.807) is 6.92 Å². The van der Waals surface area contributed by atoms with Crippen molar-refractivity contribution in [2.24, 2.45) is 0 Å². The van der Waals surface area contributed by atoms with Gasteiger partial charge in [0.25, 0.3) is 0 Å². The first kappa shape index (κ1) is 11.2. The molecule has 0 saturated heterocycles. The Morgan fingerprint density at radius 2 is 2.19 bits per heavy atom. The molecule has 0 saturated carbocycles. The van der Waals surface area contributed by atoms with Gasteiger partial charge in [0.2, 0.25) is 0 Å². The minimum absolute atomic E-state index is 0.292. The van der Waals surface area contributed by atoms with Gasteiger partial charge in [-0.2, -0.15) is 0 Å². The Hall–Kier alpha value is -1.31. The van der Waals surface area contributed by atoms with Crippen molar-refractivity contribution in [2.75, 3.05) is 11.4 Å². The van der Waals surface area contributed by atoms with E-state index in [0.717, 1.165) is 19.4 Å². The molecular weight excluding hydrogens is 198 g/mol. The monoisotopic (exact) mass is 217 g/mol. The van der Waals surface area contributed by atoms with Crippen molar-refractivity contribution >= 4 is 11.5 Å². The van der Waals surface area contributed by atoms with Crippen molar-refractivity contribution in [1.82, 2.24) is 0 Å². The van der Waals surface area contributed by atoms with Crippen LogP contribution in [0.2, 0.25) is 0 Å². The molecule has 0 bridgehead atoms. The van der Waals surface area contributed by atoms with Crippen LogP contribution in [0, 0.1) is 0 Å². The second-order valence-electron chi connectivity index (χ2n) is 4.68. The summed E-state index contributed by atoms with van der Waals surface area (Å²) in [7, 11) is 0. The molecule has 1 aliphatic rings. The van der Waals surface area contributed by atoms with Gasteiger partial charge < -0.3 is 9.69 Å². The summed E-state index contributed by atoms with van der Waals surface area (Å²) in [5.41, 5.74) is 2.80. The number of carbonyl (C=O) groups is 1. The Morgan fingerprint density at radius 1 is 1.44 bits per heavy atom. The van der Waals surface area contributed by atoms with E-state index in [1.165, 1.54) is 11.3 Å². The third-order valence-corrected chi connectivity index (χ3v) is 3.28. The summed E-state index contributed by atoms with van der Waals surface area (Å²) in [6, 6.07) is 9.16. The van der Waals surface area contributed by atoms with E-state index in [2.05, 4.69) is 36.1 Å². The fraction of sp³-hybridized carbons (Fsp3) is 0.500. The number of fused-ring (bicyclic) bond motifs is 1. The fourth-order valence-electron chi connectivity index (χ4n) is 2.47. The highest BCUT2D eigenvalue weighted by molar-refractivity contribution is 5.75. The Labute approximate surface area is 97.3 Å². The highest BCUT2D eigenvalue weighted by atomic mass is 16.1. The van der Waals surface area contributed by atoms with Gasteiger partial charge in [-0.05, 0) is 38.3 Å². The van der Waals surface area contributed by atoms with Crippen LogP contribution in [-0.2, 0) is 11.2 Å². The van der Waals surface area contributed by atoms with Crippen molar-refractivity contribution in [1.29, 1.82) is 0 Å². The number of benzene rings is 1. The molecule has 2 rings (SSSR count). The molecule has 0 aromatic heterocycles. The maximum absolute atomic E-state index is 10.9. The third kappa shape index (κ3) is 2.26. The molecule has 1 atom stereocenters. The Morgan fingerprint density at radius 3 is 2.94 bits per heavy atom. The molecule has 1 aromatic carbocycles. The molecule has 0 spiro atoms. The molecule has 0 aliphatic carbocycles. The zero-order chi connectivity index (χ0) is 11.5. The maximum Gasteiger partial charge on any atom is 0.129 e. The van der Waals surface area contributed by atoms with Crippen LogP contribution in [0.15, 0.2) is 24.3 Å². The second kappa shape index (κ2) is 4.69. The van der Waals surface area contributed by atoms with Gasteiger partial charge in [-0.25, -0.2) is 0 Å². The summed E-state index contributed by atoms with van der Waals surface area (Å²) >= 11 is 0. The molecule has 86 valence electrons. The molecule has 2 nitrogen and oxygen atoms in total. The minimum atomic E-state index is 0.292. The SMILES string of the molecule is CC(=O)CCCN1c2ccccc2CC1C. The number of nitrogens with zero attached hydrogens (tertiary/aromatic N) is 1. The summed E-state index contributed by atoms with van der Waals surface area (Å²) < 4.78 is 0. The van der Waals surface area contributed by atoms with E-state index in [4.69, 9.17) is 0 Å². The summed E-state index contributed by atoms with van der Waals surface area (Å²) in [5.74, 6) is 0.292. The predicted octanol–water partition coefficient (Wildman–Crippen LogP) is 2.81. The lowest BCUT2D eigenvalue weighted by atomic mass is 10.1. The minimum Gasteiger partial charge on any atom is -0.368 e. The van der Waals surface area contributed by atoms with Gasteiger partial charge in [0, 0.05) is 24.7 Å². The first-order valence-electron chi connectivity index (χ1n) is 6.02. The summed E-state index contributed by atoms with van der Waals surface area (Å²) in [5, 5.41) is 0. The largest absolute Gasteiger partial charge is 0.368 e. The number of Topliss-reactive ketones (excluding diaryl/α,β-unsaturated/α-hetero) is 1. The van der Waals surface area contributed by atoms with E-state index in [1.807, 2.05) is 0 Å². The molecule has 16 heavy (non-hydrogen) atoms. The highest BCUT2D eigenvalue weighted by Crippen LogP contribution is 2.31. The molecule has 1 aromatic rings. The first-order valence-corrected chi connectivity index (χ1v) is 6.02. The molecule has 1 heterocycles. The zero-order valence-electron chi connectivity index (χ0n) is 10.1. The van der Waals surface area contributed by atoms with Gasteiger partial charge in [-0.1, -0.05) is 18.2 Å². The van der Waals surface area contributed by atoms with Gasteiger partial charge >= 0.3 is 0 Å². The summed E-state index contributed by atoms with van der Waals surface area (Å²) in [6.07, 6.45) is 2.80. The standard InChI is InChI=1S/C14H19NO/c1-11-10-13-7-3-4-8-14(13)15(11)9-5-6-12(2)16/h3-4,7-8,11H,5-6,9-10H2,1-2H3. The summed E-state index contributed by atoms with van der Waals surface area (Å²) in [4.78, 5) is 13.4. The summed E-state index contributed by atoms with van der Waals surface area (Å²) in [6.45, 7) is 4.92. The third-order valence-electron chi connectivity index (χ3n) is 3.28. The number of hydrogen-bond donors (Lipinski definition) is 0. The molecule has 1 unspecified atom stereocenters. The van der Waals surface area contributed by atoms with Crippen LogP contribution in [0.5, 0.6) is 0 Å². The number of ketones is 1. The van der Waals surface area contributed by atoms with Gasteiger partial charge in [0.15, 0.2) is 0 Å². The molecule has 0 fully saturated rings. The van der Waals surface area contributed by atoms with Crippen LogP contribution in [-0.4, -0.2) is 18.4 Å². The molecule has 1 aliphatic heterocycles.